The van der Waals surface area contributed by atoms with Gasteiger partial charge in [0.05, 0.1) is 18.1 Å². The summed E-state index contributed by atoms with van der Waals surface area (Å²) in [6.45, 7) is 0.604. The minimum Gasteiger partial charge on any atom is -0.383 e. The number of rotatable bonds is 5. The minimum absolute atomic E-state index is 0.259. The van der Waals surface area contributed by atoms with Crippen LogP contribution in [0.4, 0.5) is 4.79 Å². The monoisotopic (exact) mass is 406 g/mol. The lowest BCUT2D eigenvalue weighted by Gasteiger charge is -2.11. The van der Waals surface area contributed by atoms with E-state index >= 15 is 0 Å². The van der Waals surface area contributed by atoms with Crippen molar-refractivity contribution in [2.75, 3.05) is 20.3 Å². The van der Waals surface area contributed by atoms with Crippen molar-refractivity contribution in [3.63, 3.8) is 0 Å². The van der Waals surface area contributed by atoms with Gasteiger partial charge in [-0.3, -0.25) is 14.5 Å². The van der Waals surface area contributed by atoms with Crippen molar-refractivity contribution < 1.29 is 14.3 Å². The number of nitrogens with zero attached hydrogens (tertiary/aromatic N) is 2. The third-order valence-electron chi connectivity index (χ3n) is 3.56. The summed E-state index contributed by atoms with van der Waals surface area (Å²) in [7, 11) is 1.54. The number of halogens is 1. The van der Waals surface area contributed by atoms with Crippen LogP contribution in [0.15, 0.2) is 52.0 Å². The number of hydrogen-bond donors (Lipinski definition) is 0. The van der Waals surface area contributed by atoms with Crippen molar-refractivity contribution in [2.24, 2.45) is 0 Å². The molecule has 0 bridgehead atoms. The molecule has 2 aromatic rings. The molecular formula is C17H15BrN2O3S. The molecule has 0 aliphatic carbocycles. The van der Waals surface area contributed by atoms with E-state index in [4.69, 9.17) is 4.74 Å². The van der Waals surface area contributed by atoms with E-state index < -0.39 is 0 Å². The third-order valence-corrected chi connectivity index (χ3v) is 4.99. The van der Waals surface area contributed by atoms with E-state index in [-0.39, 0.29) is 17.7 Å². The number of aromatic nitrogens is 1. The van der Waals surface area contributed by atoms with Gasteiger partial charge in [-0.25, -0.2) is 0 Å². The SMILES string of the molecule is COCCN1C(=O)S/C(=C/c2cccn2-c2ccc(Br)cc2)C1=O. The molecule has 1 aromatic carbocycles. The van der Waals surface area contributed by atoms with Crippen molar-refractivity contribution in [1.82, 2.24) is 9.47 Å². The fourth-order valence-corrected chi connectivity index (χ4v) is 3.47. The molecule has 2 heterocycles. The number of carbonyl (C=O) groups is 2. The Morgan fingerprint density at radius 2 is 1.96 bits per heavy atom. The lowest BCUT2D eigenvalue weighted by molar-refractivity contribution is -0.123. The maximum atomic E-state index is 12.4. The van der Waals surface area contributed by atoms with Crippen LogP contribution in [-0.4, -0.2) is 40.9 Å². The molecule has 1 saturated heterocycles. The van der Waals surface area contributed by atoms with Crippen LogP contribution in [0, 0.1) is 0 Å². The van der Waals surface area contributed by atoms with Crippen LogP contribution < -0.4 is 0 Å². The lowest BCUT2D eigenvalue weighted by atomic mass is 10.3. The Kier molecular flexibility index (Phi) is 5.23. The van der Waals surface area contributed by atoms with E-state index in [1.165, 1.54) is 4.90 Å². The predicted octanol–water partition coefficient (Wildman–Crippen LogP) is 3.92. The number of carbonyl (C=O) groups excluding carboxylic acids is 2. The number of methoxy groups -OCH3 is 1. The second-order valence-electron chi connectivity index (χ2n) is 5.11. The maximum Gasteiger partial charge on any atom is 0.293 e. The average Bonchev–Trinajstić information content (AvgIpc) is 3.13. The fraction of sp³-hybridized carbons (Fsp3) is 0.176. The van der Waals surface area contributed by atoms with Crippen LogP contribution in [0.5, 0.6) is 0 Å². The quantitative estimate of drug-likeness (QED) is 0.705. The predicted molar refractivity (Wildman–Crippen MR) is 98.0 cm³/mol. The molecule has 7 heteroatoms. The molecule has 1 aromatic heterocycles. The van der Waals surface area contributed by atoms with Crippen LogP contribution in [0.1, 0.15) is 5.69 Å². The Balaban J connectivity index is 1.88. The Morgan fingerprint density at radius 3 is 2.67 bits per heavy atom. The minimum atomic E-state index is -0.273. The third kappa shape index (κ3) is 3.48. The zero-order chi connectivity index (χ0) is 17.1. The van der Waals surface area contributed by atoms with E-state index in [0.717, 1.165) is 27.6 Å². The summed E-state index contributed by atoms with van der Waals surface area (Å²) in [6.07, 6.45) is 3.67. The lowest BCUT2D eigenvalue weighted by Crippen LogP contribution is -2.31. The van der Waals surface area contributed by atoms with Gasteiger partial charge in [-0.05, 0) is 54.2 Å². The summed E-state index contributed by atoms with van der Waals surface area (Å²) < 4.78 is 7.91. The second-order valence-corrected chi connectivity index (χ2v) is 7.01. The first-order valence-corrected chi connectivity index (χ1v) is 8.88. The van der Waals surface area contributed by atoms with Crippen LogP contribution in [0.3, 0.4) is 0 Å². The molecule has 0 spiro atoms. The highest BCUT2D eigenvalue weighted by Gasteiger charge is 2.34. The van der Waals surface area contributed by atoms with Crippen LogP contribution in [0.25, 0.3) is 11.8 Å². The smallest absolute Gasteiger partial charge is 0.293 e. The van der Waals surface area contributed by atoms with Crippen molar-refractivity contribution in [3.8, 4) is 5.69 Å². The van der Waals surface area contributed by atoms with Gasteiger partial charge < -0.3 is 9.30 Å². The summed E-state index contributed by atoms with van der Waals surface area (Å²) in [6, 6.07) is 11.7. The van der Waals surface area contributed by atoms with Gasteiger partial charge in [0.2, 0.25) is 0 Å². The number of imide groups is 1. The van der Waals surface area contributed by atoms with Gasteiger partial charge in [-0.15, -0.1) is 0 Å². The Bertz CT molecular complexity index is 798. The molecular weight excluding hydrogens is 392 g/mol. The summed E-state index contributed by atoms with van der Waals surface area (Å²) in [5, 5.41) is -0.259. The average molecular weight is 407 g/mol. The van der Waals surface area contributed by atoms with Crippen molar-refractivity contribution >= 4 is 44.9 Å². The number of hydrogen-bond acceptors (Lipinski definition) is 4. The molecule has 1 aliphatic heterocycles. The van der Waals surface area contributed by atoms with E-state index in [0.29, 0.717) is 11.5 Å². The van der Waals surface area contributed by atoms with Crippen LogP contribution in [0.2, 0.25) is 0 Å². The molecule has 1 fully saturated rings. The highest BCUT2D eigenvalue weighted by Crippen LogP contribution is 2.32. The Labute approximate surface area is 152 Å². The van der Waals surface area contributed by atoms with E-state index in [9.17, 15) is 9.59 Å². The maximum absolute atomic E-state index is 12.4. The molecule has 0 saturated carbocycles. The topological polar surface area (TPSA) is 51.5 Å². The zero-order valence-corrected chi connectivity index (χ0v) is 15.3. The number of ether oxygens (including phenoxy) is 1. The van der Waals surface area contributed by atoms with Gasteiger partial charge in [0.1, 0.15) is 0 Å². The van der Waals surface area contributed by atoms with Gasteiger partial charge in [-0.1, -0.05) is 15.9 Å². The van der Waals surface area contributed by atoms with E-state index in [1.807, 2.05) is 47.2 Å². The Hall–Kier alpha value is -1.83. The number of thioether (sulfide) groups is 1. The fourth-order valence-electron chi connectivity index (χ4n) is 2.36. The first-order valence-electron chi connectivity index (χ1n) is 7.28. The molecule has 1 aliphatic rings. The van der Waals surface area contributed by atoms with Gasteiger partial charge >= 0.3 is 0 Å². The standard InChI is InChI=1S/C17H15BrN2O3S/c1-23-10-9-20-16(21)15(24-17(20)22)11-14-3-2-8-19(14)13-6-4-12(18)5-7-13/h2-8,11H,9-10H2,1H3/b15-11+. The molecule has 0 unspecified atom stereocenters. The summed E-state index contributed by atoms with van der Waals surface area (Å²) in [5.41, 5.74) is 1.82. The van der Waals surface area contributed by atoms with Crippen molar-refractivity contribution in [1.29, 1.82) is 0 Å². The van der Waals surface area contributed by atoms with Gasteiger partial charge in [0.25, 0.3) is 11.1 Å². The van der Waals surface area contributed by atoms with Crippen LogP contribution in [-0.2, 0) is 9.53 Å². The number of benzene rings is 1. The molecule has 24 heavy (non-hydrogen) atoms. The zero-order valence-electron chi connectivity index (χ0n) is 12.9. The first kappa shape index (κ1) is 17.0. The van der Waals surface area contributed by atoms with Gasteiger partial charge in [-0.2, -0.15) is 0 Å². The molecule has 124 valence electrons. The largest absolute Gasteiger partial charge is 0.383 e. The first-order chi connectivity index (χ1) is 11.6. The molecule has 5 nitrogen and oxygen atoms in total. The summed E-state index contributed by atoms with van der Waals surface area (Å²) in [4.78, 5) is 26.0. The van der Waals surface area contributed by atoms with Crippen molar-refractivity contribution in [3.05, 3.63) is 57.7 Å². The van der Waals surface area contributed by atoms with Crippen molar-refractivity contribution in [2.45, 2.75) is 0 Å². The molecule has 2 amide bonds. The molecule has 0 radical (unpaired) electrons. The normalized spacial score (nSPS) is 16.4. The van der Waals surface area contributed by atoms with E-state index in [1.54, 1.807) is 13.2 Å². The number of amides is 2. The second kappa shape index (κ2) is 7.38. The summed E-state index contributed by atoms with van der Waals surface area (Å²) >= 11 is 4.38. The highest BCUT2D eigenvalue weighted by atomic mass is 79.9. The molecule has 3 rings (SSSR count). The molecule has 0 N–H and O–H groups in total. The van der Waals surface area contributed by atoms with E-state index in [2.05, 4.69) is 15.9 Å². The summed E-state index contributed by atoms with van der Waals surface area (Å²) in [5.74, 6) is -0.273. The van der Waals surface area contributed by atoms with Crippen LogP contribution >= 0.6 is 27.7 Å². The molecule has 0 atom stereocenters. The highest BCUT2D eigenvalue weighted by molar-refractivity contribution is 9.10. The van der Waals surface area contributed by atoms with Gasteiger partial charge in [0.15, 0.2) is 0 Å². The van der Waals surface area contributed by atoms with Gasteiger partial charge in [0, 0.05) is 29.2 Å². The Morgan fingerprint density at radius 1 is 1.21 bits per heavy atom.